The van der Waals surface area contributed by atoms with Gasteiger partial charge in [0.05, 0.1) is 0 Å². The molecule has 6 nitrogen and oxygen atoms in total. The molecule has 2 aromatic carbocycles. The van der Waals surface area contributed by atoms with Crippen LogP contribution in [-0.4, -0.2) is 33.0 Å². The monoisotopic (exact) mass is 276 g/mol. The van der Waals surface area contributed by atoms with Crippen molar-refractivity contribution in [1.29, 1.82) is 0 Å². The average Bonchev–Trinajstić information content (AvgIpc) is 2.31. The Bertz CT molecular complexity index is 787. The summed E-state index contributed by atoms with van der Waals surface area (Å²) in [6.07, 6.45) is 0. The molecule has 0 amide bonds. The van der Waals surface area contributed by atoms with Crippen LogP contribution in [0.3, 0.4) is 0 Å². The average molecular weight is 276 g/mol. The van der Waals surface area contributed by atoms with Gasteiger partial charge in [0.1, 0.15) is 18.4 Å². The standard InChI is InChI=1S/C11H9BN2O4S/c1-13-14-10-9(19(16,17)18)5-6-4-7(12)2-3-8(6)11(10)15/h2-5,15H,1H3,(H,16,17,18). The van der Waals surface area contributed by atoms with E-state index in [-0.39, 0.29) is 11.4 Å². The molecule has 19 heavy (non-hydrogen) atoms. The number of phenolic OH excluding ortho intramolecular Hbond substituents is 1. The first-order valence-electron chi connectivity index (χ1n) is 5.17. The Morgan fingerprint density at radius 1 is 1.26 bits per heavy atom. The molecule has 2 aromatic rings. The van der Waals surface area contributed by atoms with Crippen LogP contribution in [0.2, 0.25) is 0 Å². The molecule has 0 aliphatic rings. The van der Waals surface area contributed by atoms with E-state index >= 15 is 0 Å². The third kappa shape index (κ3) is 2.45. The maximum Gasteiger partial charge on any atom is 0.296 e. The fraction of sp³-hybridized carbons (Fsp3) is 0.0909. The van der Waals surface area contributed by atoms with Gasteiger partial charge in [-0.25, -0.2) is 0 Å². The molecule has 0 spiro atoms. The maximum absolute atomic E-state index is 11.3. The Kier molecular flexibility index (Phi) is 3.29. The minimum absolute atomic E-state index is 0.303. The van der Waals surface area contributed by atoms with E-state index < -0.39 is 15.0 Å². The van der Waals surface area contributed by atoms with Crippen molar-refractivity contribution in [3.63, 3.8) is 0 Å². The van der Waals surface area contributed by atoms with Crippen LogP contribution >= 0.6 is 0 Å². The lowest BCUT2D eigenvalue weighted by atomic mass is 9.93. The number of nitrogens with zero attached hydrogens (tertiary/aromatic N) is 2. The van der Waals surface area contributed by atoms with Crippen molar-refractivity contribution < 1.29 is 18.1 Å². The molecule has 0 aliphatic heterocycles. The summed E-state index contributed by atoms with van der Waals surface area (Å²) in [5.41, 5.74) is 0.0975. The van der Waals surface area contributed by atoms with E-state index in [0.29, 0.717) is 16.2 Å². The molecule has 0 fully saturated rings. The van der Waals surface area contributed by atoms with Crippen molar-refractivity contribution in [2.45, 2.75) is 4.90 Å². The molecule has 0 heterocycles. The predicted octanol–water partition coefficient (Wildman–Crippen LogP) is 1.30. The molecule has 8 heteroatoms. The minimum atomic E-state index is -4.54. The number of hydrogen-bond donors (Lipinski definition) is 2. The van der Waals surface area contributed by atoms with Gasteiger partial charge in [0, 0.05) is 12.4 Å². The first-order chi connectivity index (χ1) is 8.84. The number of fused-ring (bicyclic) bond motifs is 1. The highest BCUT2D eigenvalue weighted by atomic mass is 32.2. The number of rotatable bonds is 2. The van der Waals surface area contributed by atoms with Gasteiger partial charge in [-0.05, 0) is 11.5 Å². The molecule has 0 unspecified atom stereocenters. The second-order valence-corrected chi connectivity index (χ2v) is 5.22. The first kappa shape index (κ1) is 13.5. The Labute approximate surface area is 110 Å². The summed E-state index contributed by atoms with van der Waals surface area (Å²) in [5, 5.41) is 17.8. The van der Waals surface area contributed by atoms with E-state index in [9.17, 15) is 18.1 Å². The van der Waals surface area contributed by atoms with Gasteiger partial charge in [0.25, 0.3) is 10.1 Å². The molecular weight excluding hydrogens is 267 g/mol. The molecule has 96 valence electrons. The zero-order chi connectivity index (χ0) is 14.2. The Hall–Kier alpha value is -1.93. The topological polar surface area (TPSA) is 99.3 Å². The lowest BCUT2D eigenvalue weighted by Crippen LogP contribution is -2.02. The largest absolute Gasteiger partial charge is 0.505 e. The van der Waals surface area contributed by atoms with Crippen molar-refractivity contribution in [2.24, 2.45) is 10.2 Å². The van der Waals surface area contributed by atoms with Crippen molar-refractivity contribution in [3.8, 4) is 5.75 Å². The van der Waals surface area contributed by atoms with Gasteiger partial charge >= 0.3 is 0 Å². The van der Waals surface area contributed by atoms with Crippen molar-refractivity contribution in [1.82, 2.24) is 0 Å². The van der Waals surface area contributed by atoms with Gasteiger partial charge in [-0.2, -0.15) is 18.6 Å². The van der Waals surface area contributed by atoms with E-state index in [2.05, 4.69) is 10.2 Å². The van der Waals surface area contributed by atoms with Gasteiger partial charge in [-0.15, -0.1) is 0 Å². The van der Waals surface area contributed by atoms with Gasteiger partial charge in [0.2, 0.25) is 0 Å². The summed E-state index contributed by atoms with van der Waals surface area (Å²) in [5.74, 6) is -0.379. The second-order valence-electron chi connectivity index (χ2n) is 3.83. The van der Waals surface area contributed by atoms with Crippen molar-refractivity contribution >= 4 is 39.9 Å². The summed E-state index contributed by atoms with van der Waals surface area (Å²) in [6.45, 7) is 0. The quantitative estimate of drug-likeness (QED) is 0.490. The number of benzene rings is 2. The minimum Gasteiger partial charge on any atom is -0.505 e. The highest BCUT2D eigenvalue weighted by Gasteiger charge is 2.21. The summed E-state index contributed by atoms with van der Waals surface area (Å²) < 4.78 is 31.8. The molecule has 0 aliphatic carbocycles. The molecule has 0 bridgehead atoms. The smallest absolute Gasteiger partial charge is 0.296 e. The van der Waals surface area contributed by atoms with Crippen LogP contribution in [0.25, 0.3) is 10.8 Å². The lowest BCUT2D eigenvalue weighted by molar-refractivity contribution is 0.472. The molecular formula is C11H9BN2O4S. The predicted molar refractivity (Wildman–Crippen MR) is 71.3 cm³/mol. The van der Waals surface area contributed by atoms with Crippen molar-refractivity contribution in [3.05, 3.63) is 24.3 Å². The van der Waals surface area contributed by atoms with Gasteiger partial charge in [-0.3, -0.25) is 4.55 Å². The van der Waals surface area contributed by atoms with Gasteiger partial charge in [0.15, 0.2) is 5.75 Å². The van der Waals surface area contributed by atoms with E-state index in [0.717, 1.165) is 0 Å². The molecule has 0 saturated carbocycles. The highest BCUT2D eigenvalue weighted by molar-refractivity contribution is 7.86. The summed E-state index contributed by atoms with van der Waals surface area (Å²) in [4.78, 5) is -0.520. The third-order valence-corrected chi connectivity index (χ3v) is 3.42. The van der Waals surface area contributed by atoms with Gasteiger partial charge in [-0.1, -0.05) is 23.7 Å². The molecule has 2 radical (unpaired) electrons. The van der Waals surface area contributed by atoms with Crippen LogP contribution in [0.4, 0.5) is 5.69 Å². The normalized spacial score (nSPS) is 12.3. The third-order valence-electron chi connectivity index (χ3n) is 2.55. The highest BCUT2D eigenvalue weighted by Crippen LogP contribution is 2.40. The van der Waals surface area contributed by atoms with Crippen LogP contribution < -0.4 is 5.46 Å². The van der Waals surface area contributed by atoms with Crippen molar-refractivity contribution in [2.75, 3.05) is 7.05 Å². The fourth-order valence-corrected chi connectivity index (χ4v) is 2.42. The number of hydrogen-bond acceptors (Lipinski definition) is 5. The summed E-state index contributed by atoms with van der Waals surface area (Å²) in [6, 6.07) is 5.76. The second kappa shape index (κ2) is 4.63. The van der Waals surface area contributed by atoms with Crippen LogP contribution in [-0.2, 0) is 10.1 Å². The Morgan fingerprint density at radius 3 is 2.53 bits per heavy atom. The van der Waals surface area contributed by atoms with E-state index in [1.807, 2.05) is 0 Å². The number of aromatic hydroxyl groups is 1. The van der Waals surface area contributed by atoms with Crippen LogP contribution in [0, 0.1) is 0 Å². The Morgan fingerprint density at radius 2 is 1.95 bits per heavy atom. The maximum atomic E-state index is 11.3. The molecule has 2 N–H and O–H groups in total. The van der Waals surface area contributed by atoms with E-state index in [1.165, 1.54) is 25.2 Å². The number of phenols is 1. The SMILES string of the molecule is [B]c1ccc2c(O)c(N=NC)c(S(=O)(=O)O)cc2c1. The molecule has 0 aromatic heterocycles. The van der Waals surface area contributed by atoms with E-state index in [4.69, 9.17) is 7.85 Å². The lowest BCUT2D eigenvalue weighted by Gasteiger charge is -2.09. The molecule has 0 atom stereocenters. The van der Waals surface area contributed by atoms with E-state index in [1.54, 1.807) is 6.07 Å². The van der Waals surface area contributed by atoms with Crippen LogP contribution in [0.15, 0.2) is 39.4 Å². The van der Waals surface area contributed by atoms with Crippen LogP contribution in [0.5, 0.6) is 5.75 Å². The summed E-state index contributed by atoms with van der Waals surface area (Å²) in [7, 11) is 2.38. The molecule has 2 rings (SSSR count). The zero-order valence-electron chi connectivity index (χ0n) is 9.90. The number of azo groups is 1. The zero-order valence-corrected chi connectivity index (χ0v) is 10.7. The van der Waals surface area contributed by atoms with Gasteiger partial charge < -0.3 is 5.11 Å². The van der Waals surface area contributed by atoms with Crippen LogP contribution in [0.1, 0.15) is 0 Å². The first-order valence-corrected chi connectivity index (χ1v) is 6.61. The summed E-state index contributed by atoms with van der Waals surface area (Å²) >= 11 is 0. The molecule has 0 saturated heterocycles. The Balaban J connectivity index is 2.98. The fourth-order valence-electron chi connectivity index (χ4n) is 1.76.